The molecule has 0 bridgehead atoms. The molecule has 1 aliphatic heterocycles. The number of aromatic nitrogens is 4. The van der Waals surface area contributed by atoms with Crippen molar-refractivity contribution in [3.8, 4) is 0 Å². The van der Waals surface area contributed by atoms with E-state index < -0.39 is 11.5 Å². The topological polar surface area (TPSA) is 94.7 Å². The van der Waals surface area contributed by atoms with Crippen LogP contribution < -0.4 is 15.4 Å². The molecule has 10 nitrogen and oxygen atoms in total. The number of imidazole rings is 1. The van der Waals surface area contributed by atoms with E-state index in [1.54, 1.807) is 12.1 Å². The quantitative estimate of drug-likeness (QED) is 0.212. The molecular weight excluding hydrogens is 551 g/mol. The average Bonchev–Trinajstić information content (AvgIpc) is 3.39. The number of benzene rings is 2. The molecule has 0 amide bonds. The van der Waals surface area contributed by atoms with Crippen molar-refractivity contribution in [2.45, 2.75) is 45.2 Å². The monoisotopic (exact) mass is 590 g/mol. The molecule has 2 aromatic heterocycles. The zero-order chi connectivity index (χ0) is 30.2. The molecule has 0 atom stereocenters. The highest BCUT2D eigenvalue weighted by atomic mass is 19.1. The molecule has 0 spiro atoms. The second kappa shape index (κ2) is 14.4. The van der Waals surface area contributed by atoms with Crippen molar-refractivity contribution in [3.05, 3.63) is 82.5 Å². The Bertz CT molecular complexity index is 1560. The van der Waals surface area contributed by atoms with Crippen LogP contribution in [0.25, 0.3) is 11.0 Å². The SMILES string of the molecule is CCCCOCCOCC(=O)n1c(N(C)C2CCN(c3nc4ccccc4n3Cc3ccc(F)cc3)CC2)nccc1=O. The smallest absolute Gasteiger partial charge is 0.262 e. The summed E-state index contributed by atoms with van der Waals surface area (Å²) in [6.45, 7) is 5.24. The van der Waals surface area contributed by atoms with Crippen molar-refractivity contribution in [3.63, 3.8) is 0 Å². The molecule has 0 unspecified atom stereocenters. The maximum Gasteiger partial charge on any atom is 0.262 e. The zero-order valence-electron chi connectivity index (χ0n) is 24.8. The molecule has 1 fully saturated rings. The number of anilines is 2. The van der Waals surface area contributed by atoms with Gasteiger partial charge in [-0.1, -0.05) is 37.6 Å². The summed E-state index contributed by atoms with van der Waals surface area (Å²) < 4.78 is 27.8. The number of halogens is 1. The molecule has 43 heavy (non-hydrogen) atoms. The number of unbranched alkanes of at least 4 members (excludes halogenated alkanes) is 1. The Hall–Kier alpha value is -4.09. The molecule has 0 N–H and O–H groups in total. The Morgan fingerprint density at radius 1 is 1.02 bits per heavy atom. The zero-order valence-corrected chi connectivity index (χ0v) is 24.8. The van der Waals surface area contributed by atoms with Gasteiger partial charge in [-0.15, -0.1) is 0 Å². The molecule has 11 heteroatoms. The van der Waals surface area contributed by atoms with Crippen molar-refractivity contribution >= 4 is 28.8 Å². The van der Waals surface area contributed by atoms with Crippen LogP contribution >= 0.6 is 0 Å². The standard InChI is InChI=1S/C32H39FN6O4/c1-3-4-19-42-20-21-43-23-30(41)39-29(40)13-16-34-31(39)36(2)26-14-17-37(18-15-26)32-35-27-7-5-6-8-28(27)38(32)22-24-9-11-25(33)12-10-24/h5-13,16,26H,3-4,14-15,17-23H2,1-2H3. The first kappa shape index (κ1) is 30.4. The predicted octanol–water partition coefficient (Wildman–Crippen LogP) is 4.36. The van der Waals surface area contributed by atoms with E-state index in [1.165, 1.54) is 24.4 Å². The highest BCUT2D eigenvalue weighted by Gasteiger charge is 2.29. The fourth-order valence-corrected chi connectivity index (χ4v) is 5.42. The molecule has 0 radical (unpaired) electrons. The summed E-state index contributed by atoms with van der Waals surface area (Å²) >= 11 is 0. The van der Waals surface area contributed by atoms with Gasteiger partial charge in [0.15, 0.2) is 0 Å². The second-order valence-electron chi connectivity index (χ2n) is 10.8. The first-order valence-electron chi connectivity index (χ1n) is 14.9. The molecular formula is C32H39FN6O4. The van der Waals surface area contributed by atoms with E-state index in [-0.39, 0.29) is 25.1 Å². The van der Waals surface area contributed by atoms with E-state index in [9.17, 15) is 14.0 Å². The number of para-hydroxylation sites is 2. The Morgan fingerprint density at radius 2 is 1.77 bits per heavy atom. The van der Waals surface area contributed by atoms with E-state index in [2.05, 4.69) is 27.4 Å². The van der Waals surface area contributed by atoms with Crippen molar-refractivity contribution in [1.82, 2.24) is 19.1 Å². The summed E-state index contributed by atoms with van der Waals surface area (Å²) in [5.41, 5.74) is 2.49. The molecule has 1 saturated heterocycles. The summed E-state index contributed by atoms with van der Waals surface area (Å²) in [4.78, 5) is 39.4. The molecule has 228 valence electrons. The Kier molecular flexibility index (Phi) is 10.2. The summed E-state index contributed by atoms with van der Waals surface area (Å²) in [5, 5.41) is 0. The van der Waals surface area contributed by atoms with Gasteiger partial charge < -0.3 is 23.8 Å². The third-order valence-corrected chi connectivity index (χ3v) is 7.82. The van der Waals surface area contributed by atoms with Crippen molar-refractivity contribution < 1.29 is 18.7 Å². The lowest BCUT2D eigenvalue weighted by Gasteiger charge is -2.38. The van der Waals surface area contributed by atoms with Gasteiger partial charge in [0.1, 0.15) is 12.4 Å². The molecule has 1 aliphatic rings. The van der Waals surface area contributed by atoms with E-state index in [0.29, 0.717) is 25.7 Å². The van der Waals surface area contributed by atoms with Crippen LogP contribution in [-0.2, 0) is 16.0 Å². The number of fused-ring (bicyclic) bond motifs is 1. The lowest BCUT2D eigenvalue weighted by atomic mass is 10.0. The van der Waals surface area contributed by atoms with Crippen LogP contribution in [0.1, 0.15) is 43.0 Å². The van der Waals surface area contributed by atoms with E-state index in [0.717, 1.165) is 65.9 Å². The first-order valence-corrected chi connectivity index (χ1v) is 14.9. The lowest BCUT2D eigenvalue weighted by Crippen LogP contribution is -2.46. The van der Waals surface area contributed by atoms with Crippen LogP contribution in [0, 0.1) is 5.82 Å². The van der Waals surface area contributed by atoms with Gasteiger partial charge in [0.05, 0.1) is 30.8 Å². The van der Waals surface area contributed by atoms with Crippen molar-refractivity contribution in [2.24, 2.45) is 0 Å². The number of rotatable bonds is 13. The fraction of sp³-hybridized carbons (Fsp3) is 0.438. The number of carbonyl (C=O) groups excluding carboxylic acids is 1. The van der Waals surface area contributed by atoms with E-state index in [1.807, 2.05) is 30.1 Å². The third-order valence-electron chi connectivity index (χ3n) is 7.82. The minimum atomic E-state index is -0.458. The molecule has 2 aromatic carbocycles. The Morgan fingerprint density at radius 3 is 2.53 bits per heavy atom. The summed E-state index contributed by atoms with van der Waals surface area (Å²) in [6, 6.07) is 15.9. The molecule has 5 rings (SSSR count). The minimum Gasteiger partial charge on any atom is -0.379 e. The normalized spacial score (nSPS) is 14.0. The van der Waals surface area contributed by atoms with Gasteiger partial charge in [-0.25, -0.2) is 18.9 Å². The van der Waals surface area contributed by atoms with Gasteiger partial charge in [0.2, 0.25) is 11.9 Å². The fourth-order valence-electron chi connectivity index (χ4n) is 5.42. The predicted molar refractivity (Wildman–Crippen MR) is 165 cm³/mol. The van der Waals surface area contributed by atoms with Crippen LogP contribution in [0.4, 0.5) is 16.3 Å². The van der Waals surface area contributed by atoms with Crippen LogP contribution in [0.3, 0.4) is 0 Å². The first-order chi connectivity index (χ1) is 21.0. The van der Waals surface area contributed by atoms with Crippen LogP contribution in [0.2, 0.25) is 0 Å². The minimum absolute atomic E-state index is 0.0624. The molecule has 3 heterocycles. The van der Waals surface area contributed by atoms with Crippen molar-refractivity contribution in [2.75, 3.05) is 56.4 Å². The largest absolute Gasteiger partial charge is 0.379 e. The maximum absolute atomic E-state index is 13.5. The van der Waals surface area contributed by atoms with Gasteiger partial charge >= 0.3 is 0 Å². The Labute approximate surface area is 250 Å². The third kappa shape index (κ3) is 7.29. The van der Waals surface area contributed by atoms with Crippen LogP contribution in [0.15, 0.2) is 65.6 Å². The van der Waals surface area contributed by atoms with Crippen LogP contribution in [0.5, 0.6) is 0 Å². The maximum atomic E-state index is 13.5. The number of nitrogens with zero attached hydrogens (tertiary/aromatic N) is 6. The average molecular weight is 591 g/mol. The van der Waals surface area contributed by atoms with Gasteiger partial charge in [0, 0.05) is 45.0 Å². The number of hydrogen-bond donors (Lipinski definition) is 0. The van der Waals surface area contributed by atoms with Gasteiger partial charge in [-0.2, -0.15) is 0 Å². The molecule has 0 saturated carbocycles. The number of piperidine rings is 1. The van der Waals surface area contributed by atoms with Gasteiger partial charge in [-0.3, -0.25) is 9.59 Å². The van der Waals surface area contributed by atoms with Gasteiger partial charge in [0.25, 0.3) is 11.5 Å². The van der Waals surface area contributed by atoms with Crippen LogP contribution in [-0.4, -0.2) is 77.6 Å². The molecule has 0 aliphatic carbocycles. The van der Waals surface area contributed by atoms with Crippen molar-refractivity contribution in [1.29, 1.82) is 0 Å². The highest BCUT2D eigenvalue weighted by molar-refractivity contribution is 5.82. The lowest BCUT2D eigenvalue weighted by molar-refractivity contribution is 0.0388. The number of ether oxygens (including phenoxy) is 2. The summed E-state index contributed by atoms with van der Waals surface area (Å²) in [7, 11) is 1.87. The molecule has 4 aromatic rings. The highest BCUT2D eigenvalue weighted by Crippen LogP contribution is 2.28. The van der Waals surface area contributed by atoms with Gasteiger partial charge in [-0.05, 0) is 49.1 Å². The second-order valence-corrected chi connectivity index (χ2v) is 10.8. The summed E-state index contributed by atoms with van der Waals surface area (Å²) in [5.74, 6) is 0.459. The summed E-state index contributed by atoms with van der Waals surface area (Å²) in [6.07, 6.45) is 5.03. The number of hydrogen-bond acceptors (Lipinski definition) is 8. The Balaban J connectivity index is 1.26. The number of carbonyl (C=O) groups is 1. The van der Waals surface area contributed by atoms with E-state index >= 15 is 0 Å². The van der Waals surface area contributed by atoms with E-state index in [4.69, 9.17) is 14.5 Å².